The molecule has 0 aromatic carbocycles. The van der Waals surface area contributed by atoms with E-state index >= 15 is 0 Å². The van der Waals surface area contributed by atoms with Crippen molar-refractivity contribution in [3.63, 3.8) is 0 Å². The summed E-state index contributed by atoms with van der Waals surface area (Å²) >= 11 is 0. The zero-order chi connectivity index (χ0) is 21.2. The van der Waals surface area contributed by atoms with Crippen LogP contribution in [0, 0.1) is 5.92 Å². The Bertz CT molecular complexity index is 676. The number of anilines is 2. The number of β-amino-alcohol motifs (C(OH)–C–C–N with tert-alkyl or cyclic N) is 1. The van der Waals surface area contributed by atoms with Crippen LogP contribution in [0.3, 0.4) is 0 Å². The van der Waals surface area contributed by atoms with Gasteiger partial charge >= 0.3 is 0 Å². The van der Waals surface area contributed by atoms with Crippen LogP contribution in [0.5, 0.6) is 0 Å². The summed E-state index contributed by atoms with van der Waals surface area (Å²) in [6.07, 6.45) is 4.44. The number of hydroxylamine groups is 2. The number of aliphatic hydroxyl groups is 1. The summed E-state index contributed by atoms with van der Waals surface area (Å²) in [6.45, 7) is 4.99. The fourth-order valence-electron chi connectivity index (χ4n) is 3.12. The minimum atomic E-state index is -0.565. The van der Waals surface area contributed by atoms with Crippen LogP contribution in [0.1, 0.15) is 51.8 Å². The third kappa shape index (κ3) is 7.09. The molecule has 0 saturated carbocycles. The van der Waals surface area contributed by atoms with Gasteiger partial charge in [-0.3, -0.25) is 25.6 Å². The van der Waals surface area contributed by atoms with Crippen LogP contribution in [-0.2, 0) is 16.0 Å². The van der Waals surface area contributed by atoms with Gasteiger partial charge in [-0.25, -0.2) is 5.06 Å². The highest BCUT2D eigenvalue weighted by molar-refractivity contribution is 5.80. The number of hydrazine groups is 1. The zero-order valence-electron chi connectivity index (χ0n) is 17.0. The van der Waals surface area contributed by atoms with Gasteiger partial charge in [-0.1, -0.05) is 33.1 Å². The summed E-state index contributed by atoms with van der Waals surface area (Å²) in [7, 11) is 0. The molecule has 0 unspecified atom stereocenters. The molecule has 29 heavy (non-hydrogen) atoms. The smallest absolute Gasteiger partial charge is 0.246 e. The number of aromatic nitrogens is 3. The number of hydrogen-bond acceptors (Lipinski definition) is 9. The van der Waals surface area contributed by atoms with Gasteiger partial charge in [0.15, 0.2) is 0 Å². The number of amides is 2. The second-order valence-corrected chi connectivity index (χ2v) is 7.15. The molecular weight excluding hydrogens is 378 g/mol. The molecule has 2 rings (SSSR count). The van der Waals surface area contributed by atoms with Gasteiger partial charge in [-0.05, 0) is 12.8 Å². The Hall–Kier alpha value is -2.53. The molecule has 1 saturated heterocycles. The molecule has 1 fully saturated rings. The summed E-state index contributed by atoms with van der Waals surface area (Å²) in [5.41, 5.74) is 5.29. The van der Waals surface area contributed by atoms with Crippen LogP contribution < -0.4 is 15.8 Å². The van der Waals surface area contributed by atoms with Crippen molar-refractivity contribution in [1.29, 1.82) is 0 Å². The summed E-state index contributed by atoms with van der Waals surface area (Å²) in [5, 5.41) is 19.7. The molecule has 0 bridgehead atoms. The molecule has 0 spiro atoms. The van der Waals surface area contributed by atoms with Crippen LogP contribution >= 0.6 is 0 Å². The van der Waals surface area contributed by atoms with Crippen molar-refractivity contribution in [1.82, 2.24) is 25.4 Å². The molecule has 1 aromatic heterocycles. The van der Waals surface area contributed by atoms with Crippen LogP contribution in [0.15, 0.2) is 0 Å². The van der Waals surface area contributed by atoms with E-state index in [1.165, 1.54) is 0 Å². The van der Waals surface area contributed by atoms with Gasteiger partial charge in [0.1, 0.15) is 5.82 Å². The first-order chi connectivity index (χ1) is 14.0. The summed E-state index contributed by atoms with van der Waals surface area (Å²) in [6, 6.07) is 0. The van der Waals surface area contributed by atoms with Gasteiger partial charge in [-0.15, -0.1) is 0 Å². The standard InChI is InChI=1S/C18H31N7O4/c1-3-5-6-7-13(10-25(29)12-26)16(28)22-23-17-19-15(4-2)20-18(21-17)24-9-8-14(27)11-24/h12-14,27,29H,3-11H2,1-2H3,(H,22,28)(H,19,20,21,23)/t13-,14-/m1/s1. The van der Waals surface area contributed by atoms with Crippen molar-refractivity contribution in [2.24, 2.45) is 5.92 Å². The van der Waals surface area contributed by atoms with Gasteiger partial charge in [-0.2, -0.15) is 15.0 Å². The van der Waals surface area contributed by atoms with Crippen molar-refractivity contribution < 1.29 is 19.9 Å². The minimum Gasteiger partial charge on any atom is -0.391 e. The lowest BCUT2D eigenvalue weighted by Gasteiger charge is -2.20. The highest BCUT2D eigenvalue weighted by Crippen LogP contribution is 2.18. The first-order valence-corrected chi connectivity index (χ1v) is 10.1. The van der Waals surface area contributed by atoms with E-state index in [4.69, 9.17) is 0 Å². The second-order valence-electron chi connectivity index (χ2n) is 7.15. The topological polar surface area (TPSA) is 144 Å². The van der Waals surface area contributed by atoms with E-state index in [0.717, 1.165) is 19.3 Å². The van der Waals surface area contributed by atoms with E-state index in [2.05, 4.69) is 32.7 Å². The Kier molecular flexibility index (Phi) is 9.00. The second kappa shape index (κ2) is 11.5. The first-order valence-electron chi connectivity index (χ1n) is 10.1. The van der Waals surface area contributed by atoms with Crippen molar-refractivity contribution >= 4 is 24.2 Å². The predicted molar refractivity (Wildman–Crippen MR) is 106 cm³/mol. The van der Waals surface area contributed by atoms with Gasteiger partial charge in [0, 0.05) is 19.5 Å². The highest BCUT2D eigenvalue weighted by atomic mass is 16.5. The summed E-state index contributed by atoms with van der Waals surface area (Å²) in [4.78, 5) is 38.1. The van der Waals surface area contributed by atoms with E-state index in [1.54, 1.807) is 0 Å². The zero-order valence-corrected chi connectivity index (χ0v) is 17.0. The minimum absolute atomic E-state index is 0.0882. The van der Waals surface area contributed by atoms with Gasteiger partial charge in [0.05, 0.1) is 18.6 Å². The van der Waals surface area contributed by atoms with Gasteiger partial charge < -0.3 is 10.0 Å². The molecule has 11 nitrogen and oxygen atoms in total. The molecule has 11 heteroatoms. The quantitative estimate of drug-likeness (QED) is 0.168. The first kappa shape index (κ1) is 22.8. The molecule has 0 radical (unpaired) electrons. The normalized spacial score (nSPS) is 17.1. The largest absolute Gasteiger partial charge is 0.391 e. The molecule has 4 N–H and O–H groups in total. The maximum Gasteiger partial charge on any atom is 0.246 e. The molecule has 1 aliphatic rings. The number of carbonyl (C=O) groups is 2. The lowest BCUT2D eigenvalue weighted by Crippen LogP contribution is -2.40. The van der Waals surface area contributed by atoms with Crippen LogP contribution in [0.2, 0.25) is 0 Å². The maximum absolute atomic E-state index is 12.6. The van der Waals surface area contributed by atoms with E-state index in [0.29, 0.717) is 49.2 Å². The molecule has 1 aromatic rings. The molecule has 0 aliphatic carbocycles. The molecule has 2 heterocycles. The third-order valence-electron chi connectivity index (χ3n) is 4.79. The number of aryl methyl sites for hydroxylation is 1. The number of carbonyl (C=O) groups excluding carboxylic acids is 2. The van der Waals surface area contributed by atoms with Crippen LogP contribution in [-0.4, -0.2) is 68.4 Å². The van der Waals surface area contributed by atoms with E-state index in [9.17, 15) is 19.9 Å². The van der Waals surface area contributed by atoms with Gasteiger partial charge in [0.25, 0.3) is 0 Å². The highest BCUT2D eigenvalue weighted by Gasteiger charge is 2.24. The fraction of sp³-hybridized carbons (Fsp3) is 0.722. The number of hydrogen-bond donors (Lipinski definition) is 4. The third-order valence-corrected chi connectivity index (χ3v) is 4.79. The lowest BCUT2D eigenvalue weighted by atomic mass is 10.0. The van der Waals surface area contributed by atoms with Crippen LogP contribution in [0.4, 0.5) is 11.9 Å². The predicted octanol–water partition coefficient (Wildman–Crippen LogP) is 0.492. The van der Waals surface area contributed by atoms with Crippen LogP contribution in [0.25, 0.3) is 0 Å². The maximum atomic E-state index is 12.6. The number of nitrogens with zero attached hydrogens (tertiary/aromatic N) is 5. The summed E-state index contributed by atoms with van der Waals surface area (Å²) in [5.74, 6) is 0.288. The number of rotatable bonds is 12. The number of unbranched alkanes of at least 4 members (excludes halogenated alkanes) is 2. The van der Waals surface area contributed by atoms with Gasteiger partial charge in [0.2, 0.25) is 24.2 Å². The fourth-order valence-corrected chi connectivity index (χ4v) is 3.12. The van der Waals surface area contributed by atoms with Crippen molar-refractivity contribution in [3.8, 4) is 0 Å². The monoisotopic (exact) mass is 409 g/mol. The van der Waals surface area contributed by atoms with Crippen molar-refractivity contribution in [3.05, 3.63) is 5.82 Å². The molecule has 2 atom stereocenters. The lowest BCUT2D eigenvalue weighted by molar-refractivity contribution is -0.154. The molecule has 1 aliphatic heterocycles. The summed E-state index contributed by atoms with van der Waals surface area (Å²) < 4.78 is 0. The number of aliphatic hydroxyl groups excluding tert-OH is 1. The Morgan fingerprint density at radius 2 is 2.14 bits per heavy atom. The average Bonchev–Trinajstić information content (AvgIpc) is 3.17. The van der Waals surface area contributed by atoms with E-state index < -0.39 is 12.0 Å². The van der Waals surface area contributed by atoms with Crippen molar-refractivity contribution in [2.45, 2.75) is 58.5 Å². The SMILES string of the molecule is CCCCC[C@H](CN(O)C=O)C(=O)NNc1nc(CC)nc(N2CC[C@@H](O)C2)n1. The molecule has 2 amide bonds. The Labute approximate surface area is 170 Å². The van der Waals surface area contributed by atoms with E-state index in [1.807, 2.05) is 11.8 Å². The number of nitrogens with one attached hydrogen (secondary N) is 2. The van der Waals surface area contributed by atoms with Crippen molar-refractivity contribution in [2.75, 3.05) is 30.0 Å². The molecule has 162 valence electrons. The Morgan fingerprint density at radius 3 is 2.76 bits per heavy atom. The molecular formula is C18H31N7O4. The average molecular weight is 409 g/mol. The van der Waals surface area contributed by atoms with E-state index in [-0.39, 0.29) is 24.8 Å². The Balaban J connectivity index is 2.03. The Morgan fingerprint density at radius 1 is 1.34 bits per heavy atom.